The standard InChI is InChI=1S/C6H16N2.H3N/c1-3-6(8,4-2)5-7;/h3-5,7-8H2,1-2H3;1H3. The zero-order chi connectivity index (χ0) is 6.62. The highest BCUT2D eigenvalue weighted by Crippen LogP contribution is 2.07. The van der Waals surface area contributed by atoms with Gasteiger partial charge in [0.2, 0.25) is 0 Å². The van der Waals surface area contributed by atoms with Crippen molar-refractivity contribution in [3.8, 4) is 0 Å². The van der Waals surface area contributed by atoms with Gasteiger partial charge in [-0.05, 0) is 12.8 Å². The summed E-state index contributed by atoms with van der Waals surface area (Å²) in [5, 5.41) is 0. The zero-order valence-electron chi connectivity index (χ0n) is 6.48. The molecule has 0 aromatic rings. The van der Waals surface area contributed by atoms with Crippen LogP contribution in [0.5, 0.6) is 0 Å². The molecule has 0 fully saturated rings. The van der Waals surface area contributed by atoms with E-state index in [1.807, 2.05) is 0 Å². The molecule has 0 radical (unpaired) electrons. The molecule has 0 aliphatic carbocycles. The molecular weight excluding hydrogens is 114 g/mol. The molecule has 0 spiro atoms. The fraction of sp³-hybridized carbons (Fsp3) is 1.00. The smallest absolute Gasteiger partial charge is 0.0273 e. The van der Waals surface area contributed by atoms with E-state index >= 15 is 0 Å². The maximum atomic E-state index is 5.77. The first-order valence-corrected chi connectivity index (χ1v) is 3.17. The Balaban J connectivity index is 0. The molecule has 0 heterocycles. The van der Waals surface area contributed by atoms with E-state index in [1.54, 1.807) is 0 Å². The van der Waals surface area contributed by atoms with Crippen LogP contribution in [-0.2, 0) is 0 Å². The summed E-state index contributed by atoms with van der Waals surface area (Å²) in [6.45, 7) is 4.73. The van der Waals surface area contributed by atoms with Crippen molar-refractivity contribution in [2.45, 2.75) is 32.2 Å². The molecule has 9 heavy (non-hydrogen) atoms. The van der Waals surface area contributed by atoms with Crippen molar-refractivity contribution >= 4 is 0 Å². The van der Waals surface area contributed by atoms with Crippen molar-refractivity contribution in [3.05, 3.63) is 0 Å². The van der Waals surface area contributed by atoms with E-state index in [2.05, 4.69) is 13.8 Å². The molecule has 7 N–H and O–H groups in total. The SMILES string of the molecule is CCC(N)(CC)CN.N. The molecule has 0 unspecified atom stereocenters. The highest BCUT2D eigenvalue weighted by molar-refractivity contribution is 4.81. The first kappa shape index (κ1) is 11.6. The summed E-state index contributed by atoms with van der Waals surface area (Å²) < 4.78 is 0. The molecule has 0 aromatic heterocycles. The summed E-state index contributed by atoms with van der Waals surface area (Å²) >= 11 is 0. The van der Waals surface area contributed by atoms with E-state index in [-0.39, 0.29) is 11.7 Å². The second-order valence-electron chi connectivity index (χ2n) is 2.27. The molecule has 0 aliphatic rings. The molecule has 0 bridgehead atoms. The minimum Gasteiger partial charge on any atom is -0.344 e. The Hall–Kier alpha value is -0.120. The van der Waals surface area contributed by atoms with E-state index in [0.29, 0.717) is 6.54 Å². The molecule has 0 amide bonds. The number of nitrogens with two attached hydrogens (primary N) is 2. The molecule has 0 atom stereocenters. The fourth-order valence-electron chi connectivity index (χ4n) is 0.539. The van der Waals surface area contributed by atoms with Gasteiger partial charge in [-0.2, -0.15) is 0 Å². The van der Waals surface area contributed by atoms with Crippen LogP contribution in [0.2, 0.25) is 0 Å². The quantitative estimate of drug-likeness (QED) is 0.527. The average molecular weight is 133 g/mol. The second-order valence-corrected chi connectivity index (χ2v) is 2.27. The van der Waals surface area contributed by atoms with Crippen LogP contribution in [0.25, 0.3) is 0 Å². The molecule has 0 aliphatic heterocycles. The first-order valence-electron chi connectivity index (χ1n) is 3.17. The van der Waals surface area contributed by atoms with Crippen LogP contribution in [0.4, 0.5) is 0 Å². The predicted molar refractivity (Wildman–Crippen MR) is 41.6 cm³/mol. The van der Waals surface area contributed by atoms with E-state index < -0.39 is 0 Å². The highest BCUT2D eigenvalue weighted by Gasteiger charge is 2.16. The van der Waals surface area contributed by atoms with Crippen molar-refractivity contribution in [3.63, 3.8) is 0 Å². The van der Waals surface area contributed by atoms with Gasteiger partial charge in [-0.15, -0.1) is 0 Å². The maximum absolute atomic E-state index is 5.77. The Labute approximate surface area is 57.4 Å². The van der Waals surface area contributed by atoms with Gasteiger partial charge in [-0.1, -0.05) is 13.8 Å². The van der Waals surface area contributed by atoms with Crippen molar-refractivity contribution in [2.24, 2.45) is 11.5 Å². The summed E-state index contributed by atoms with van der Waals surface area (Å²) in [5.74, 6) is 0. The maximum Gasteiger partial charge on any atom is 0.0273 e. The molecule has 58 valence electrons. The van der Waals surface area contributed by atoms with Crippen molar-refractivity contribution in [1.29, 1.82) is 0 Å². The zero-order valence-corrected chi connectivity index (χ0v) is 6.48. The third-order valence-corrected chi connectivity index (χ3v) is 1.81. The molecule has 0 saturated carbocycles. The Morgan fingerprint density at radius 1 is 1.22 bits per heavy atom. The Morgan fingerprint density at radius 2 is 1.56 bits per heavy atom. The van der Waals surface area contributed by atoms with Gasteiger partial charge in [0.25, 0.3) is 0 Å². The van der Waals surface area contributed by atoms with Gasteiger partial charge >= 0.3 is 0 Å². The monoisotopic (exact) mass is 133 g/mol. The van der Waals surface area contributed by atoms with Gasteiger partial charge in [0.05, 0.1) is 0 Å². The molecule has 0 rings (SSSR count). The van der Waals surface area contributed by atoms with Gasteiger partial charge in [0.15, 0.2) is 0 Å². The van der Waals surface area contributed by atoms with Crippen LogP contribution in [-0.4, -0.2) is 12.1 Å². The summed E-state index contributed by atoms with van der Waals surface area (Å²) in [5.41, 5.74) is 11.1. The summed E-state index contributed by atoms with van der Waals surface area (Å²) in [6, 6.07) is 0. The summed E-state index contributed by atoms with van der Waals surface area (Å²) in [6.07, 6.45) is 1.94. The normalized spacial score (nSPS) is 10.7. The average Bonchev–Trinajstić information content (AvgIpc) is 1.87. The lowest BCUT2D eigenvalue weighted by atomic mass is 9.95. The summed E-state index contributed by atoms with van der Waals surface area (Å²) in [4.78, 5) is 0. The number of hydrogen-bond acceptors (Lipinski definition) is 3. The lowest BCUT2D eigenvalue weighted by Gasteiger charge is -2.23. The minimum atomic E-state index is -0.0972. The topological polar surface area (TPSA) is 87.0 Å². The Bertz CT molecular complexity index is 51.1. The Kier molecular flexibility index (Phi) is 6.12. The fourth-order valence-corrected chi connectivity index (χ4v) is 0.539. The lowest BCUT2D eigenvalue weighted by molar-refractivity contribution is 0.407. The summed E-state index contributed by atoms with van der Waals surface area (Å²) in [7, 11) is 0. The van der Waals surface area contributed by atoms with Gasteiger partial charge in [0.1, 0.15) is 0 Å². The van der Waals surface area contributed by atoms with Gasteiger partial charge in [-0.3, -0.25) is 0 Å². The number of rotatable bonds is 3. The Morgan fingerprint density at radius 3 is 1.56 bits per heavy atom. The van der Waals surface area contributed by atoms with Crippen LogP contribution < -0.4 is 17.6 Å². The third kappa shape index (κ3) is 3.46. The van der Waals surface area contributed by atoms with E-state index in [1.165, 1.54) is 0 Å². The van der Waals surface area contributed by atoms with Crippen molar-refractivity contribution < 1.29 is 0 Å². The molecule has 0 saturated heterocycles. The third-order valence-electron chi connectivity index (χ3n) is 1.81. The second kappa shape index (κ2) is 4.73. The van der Waals surface area contributed by atoms with Crippen LogP contribution in [0, 0.1) is 0 Å². The van der Waals surface area contributed by atoms with Gasteiger partial charge in [0, 0.05) is 12.1 Å². The van der Waals surface area contributed by atoms with Crippen LogP contribution in [0.3, 0.4) is 0 Å². The van der Waals surface area contributed by atoms with E-state index in [4.69, 9.17) is 11.5 Å². The first-order chi connectivity index (χ1) is 3.68. The van der Waals surface area contributed by atoms with Crippen LogP contribution in [0.15, 0.2) is 0 Å². The van der Waals surface area contributed by atoms with Crippen LogP contribution >= 0.6 is 0 Å². The molecule has 3 heteroatoms. The van der Waals surface area contributed by atoms with Gasteiger partial charge in [-0.25, -0.2) is 0 Å². The molecule has 0 aromatic carbocycles. The minimum absolute atomic E-state index is 0. The number of hydrogen-bond donors (Lipinski definition) is 3. The highest BCUT2D eigenvalue weighted by atomic mass is 14.8. The lowest BCUT2D eigenvalue weighted by Crippen LogP contribution is -2.45. The van der Waals surface area contributed by atoms with Crippen molar-refractivity contribution in [2.75, 3.05) is 6.54 Å². The van der Waals surface area contributed by atoms with E-state index in [0.717, 1.165) is 12.8 Å². The van der Waals surface area contributed by atoms with Gasteiger partial charge < -0.3 is 17.6 Å². The van der Waals surface area contributed by atoms with Crippen molar-refractivity contribution in [1.82, 2.24) is 6.15 Å². The molecule has 3 nitrogen and oxygen atoms in total. The molecular formula is C6H19N3. The van der Waals surface area contributed by atoms with E-state index in [9.17, 15) is 0 Å². The largest absolute Gasteiger partial charge is 0.344 e. The van der Waals surface area contributed by atoms with Crippen LogP contribution in [0.1, 0.15) is 26.7 Å². The predicted octanol–water partition coefficient (Wildman–Crippen LogP) is 0.625.